The monoisotopic (exact) mass is 307 g/mol. The van der Waals surface area contributed by atoms with E-state index in [0.717, 1.165) is 0 Å². The highest BCUT2D eigenvalue weighted by Crippen LogP contribution is 2.15. The lowest BCUT2D eigenvalue weighted by Crippen LogP contribution is -1.93. The maximum absolute atomic E-state index is 12.8. The number of hydrogen-bond acceptors (Lipinski definition) is 2. The lowest BCUT2D eigenvalue weighted by atomic mass is 10.2. The van der Waals surface area contributed by atoms with Crippen molar-refractivity contribution in [2.24, 2.45) is 0 Å². The van der Waals surface area contributed by atoms with E-state index in [2.05, 4.69) is 0 Å². The summed E-state index contributed by atoms with van der Waals surface area (Å²) in [6.07, 6.45) is 1.40. The molecule has 0 spiro atoms. The molecule has 5 heteroatoms. The fourth-order valence-corrected chi connectivity index (χ4v) is 1.44. The molecule has 1 rings (SSSR count). The molecule has 0 bridgehead atoms. The molecular weight excluding hydrogens is 300 g/mol. The van der Waals surface area contributed by atoms with Gasteiger partial charge in [0.2, 0.25) is 5.70 Å². The molecule has 0 aliphatic heterocycles. The summed E-state index contributed by atoms with van der Waals surface area (Å²) in [5.74, 6) is -0.318. The van der Waals surface area contributed by atoms with Crippen molar-refractivity contribution in [1.29, 1.82) is 0 Å². The molecule has 3 nitrogen and oxygen atoms in total. The first-order valence-corrected chi connectivity index (χ1v) is 4.86. The molecule has 0 unspecified atom stereocenters. The molecule has 0 aliphatic rings. The van der Waals surface area contributed by atoms with Crippen LogP contribution in [0.25, 0.3) is 6.08 Å². The average molecular weight is 307 g/mol. The molecule has 0 aromatic heterocycles. The molecule has 0 aliphatic carbocycles. The maximum Gasteiger partial charge on any atom is 0.243 e. The fraction of sp³-hybridized carbons (Fsp3) is 0.111. The van der Waals surface area contributed by atoms with Crippen LogP contribution < -0.4 is 0 Å². The highest BCUT2D eigenvalue weighted by Gasteiger charge is 2.03. The van der Waals surface area contributed by atoms with Crippen LogP contribution >= 0.6 is 22.6 Å². The molecule has 0 fully saturated rings. The Hall–Kier alpha value is -0.980. The van der Waals surface area contributed by atoms with Gasteiger partial charge in [-0.05, 0) is 40.3 Å². The predicted molar refractivity (Wildman–Crippen MR) is 59.8 cm³/mol. The van der Waals surface area contributed by atoms with Crippen LogP contribution in [-0.2, 0) is 0 Å². The molecular formula is C9H7FINO2. The van der Waals surface area contributed by atoms with Crippen molar-refractivity contribution in [3.63, 3.8) is 0 Å². The van der Waals surface area contributed by atoms with Gasteiger partial charge in [-0.2, -0.15) is 0 Å². The van der Waals surface area contributed by atoms with E-state index in [4.69, 9.17) is 0 Å². The summed E-state index contributed by atoms with van der Waals surface area (Å²) in [6.45, 7) is 1.40. The second-order valence-corrected chi connectivity index (χ2v) is 3.88. The molecule has 0 heterocycles. The van der Waals surface area contributed by atoms with E-state index in [9.17, 15) is 14.5 Å². The largest absolute Gasteiger partial charge is 0.259 e. The van der Waals surface area contributed by atoms with Gasteiger partial charge in [0.25, 0.3) is 0 Å². The summed E-state index contributed by atoms with van der Waals surface area (Å²) in [5, 5.41) is 10.3. The van der Waals surface area contributed by atoms with E-state index in [1.54, 1.807) is 6.07 Å². The Morgan fingerprint density at radius 3 is 2.79 bits per heavy atom. The molecule has 1 aromatic carbocycles. The second-order valence-electron chi connectivity index (χ2n) is 2.72. The topological polar surface area (TPSA) is 43.1 Å². The Morgan fingerprint density at radius 1 is 1.64 bits per heavy atom. The van der Waals surface area contributed by atoms with E-state index in [1.807, 2.05) is 22.6 Å². The molecule has 0 amide bonds. The number of nitro groups is 1. The Bertz CT molecular complexity index is 404. The SMILES string of the molecule is C/C(=C\c1ccc(F)c(I)c1)[N+](=O)[O-]. The smallest absolute Gasteiger partial charge is 0.243 e. The van der Waals surface area contributed by atoms with Crippen molar-refractivity contribution in [3.8, 4) is 0 Å². The van der Waals surface area contributed by atoms with Crippen molar-refractivity contribution in [2.75, 3.05) is 0 Å². The quantitative estimate of drug-likeness (QED) is 0.479. The van der Waals surface area contributed by atoms with Gasteiger partial charge in [0, 0.05) is 16.6 Å². The minimum atomic E-state index is -0.476. The number of allylic oxidation sites excluding steroid dienone is 1. The molecule has 14 heavy (non-hydrogen) atoms. The molecule has 0 atom stereocenters. The summed E-state index contributed by atoms with van der Waals surface area (Å²) in [4.78, 5) is 9.84. The molecule has 0 N–H and O–H groups in total. The Morgan fingerprint density at radius 2 is 2.29 bits per heavy atom. The van der Waals surface area contributed by atoms with Crippen LogP contribution in [0.2, 0.25) is 0 Å². The minimum absolute atomic E-state index is 0.0346. The summed E-state index contributed by atoms with van der Waals surface area (Å²) in [7, 11) is 0. The molecule has 0 saturated carbocycles. The van der Waals surface area contributed by atoms with Crippen molar-refractivity contribution in [2.45, 2.75) is 6.92 Å². The van der Waals surface area contributed by atoms with Gasteiger partial charge in [-0.1, -0.05) is 6.07 Å². The lowest BCUT2D eigenvalue weighted by molar-refractivity contribution is -0.422. The van der Waals surface area contributed by atoms with Gasteiger partial charge in [-0.25, -0.2) is 4.39 Å². The van der Waals surface area contributed by atoms with Gasteiger partial charge in [-0.3, -0.25) is 10.1 Å². The normalized spacial score (nSPS) is 11.5. The van der Waals surface area contributed by atoms with Gasteiger partial charge < -0.3 is 0 Å². The van der Waals surface area contributed by atoms with Gasteiger partial charge >= 0.3 is 0 Å². The van der Waals surface area contributed by atoms with Crippen LogP contribution in [0.4, 0.5) is 4.39 Å². The standard InChI is InChI=1S/C9H7FINO2/c1-6(12(13)14)4-7-2-3-8(10)9(11)5-7/h2-5H,1H3/b6-4+. The second kappa shape index (κ2) is 4.50. The Kier molecular flexibility index (Phi) is 3.56. The van der Waals surface area contributed by atoms with Crippen molar-refractivity contribution >= 4 is 28.7 Å². The zero-order valence-electron chi connectivity index (χ0n) is 7.33. The van der Waals surface area contributed by atoms with E-state index >= 15 is 0 Å². The number of halogens is 2. The molecule has 0 radical (unpaired) electrons. The summed E-state index contributed by atoms with van der Waals surface area (Å²) < 4.78 is 13.3. The maximum atomic E-state index is 12.8. The van der Waals surface area contributed by atoms with Crippen molar-refractivity contribution in [1.82, 2.24) is 0 Å². The minimum Gasteiger partial charge on any atom is -0.259 e. The van der Waals surface area contributed by atoms with Gasteiger partial charge in [0.05, 0.1) is 4.92 Å². The third-order valence-corrected chi connectivity index (χ3v) is 2.43. The number of benzene rings is 1. The zero-order chi connectivity index (χ0) is 10.7. The lowest BCUT2D eigenvalue weighted by Gasteiger charge is -1.96. The number of hydrogen-bond donors (Lipinski definition) is 0. The number of nitrogens with zero attached hydrogens (tertiary/aromatic N) is 1. The van der Waals surface area contributed by atoms with E-state index in [-0.39, 0.29) is 11.5 Å². The van der Waals surface area contributed by atoms with Crippen LogP contribution in [0, 0.1) is 19.5 Å². The number of rotatable bonds is 2. The fourth-order valence-electron chi connectivity index (χ4n) is 0.896. The highest BCUT2D eigenvalue weighted by molar-refractivity contribution is 14.1. The van der Waals surface area contributed by atoms with Crippen LogP contribution in [0.5, 0.6) is 0 Å². The van der Waals surface area contributed by atoms with E-state index in [1.165, 1.54) is 25.1 Å². The molecule has 74 valence electrons. The molecule has 1 aromatic rings. The Balaban J connectivity index is 3.04. The van der Waals surface area contributed by atoms with Crippen LogP contribution in [-0.4, -0.2) is 4.92 Å². The summed E-state index contributed by atoms with van der Waals surface area (Å²) >= 11 is 1.84. The highest BCUT2D eigenvalue weighted by atomic mass is 127. The van der Waals surface area contributed by atoms with Crippen LogP contribution in [0.3, 0.4) is 0 Å². The van der Waals surface area contributed by atoms with E-state index in [0.29, 0.717) is 9.13 Å². The third kappa shape index (κ3) is 2.76. The Labute approximate surface area is 93.9 Å². The summed E-state index contributed by atoms with van der Waals surface area (Å²) in [5.41, 5.74) is 0.664. The first kappa shape index (κ1) is 11.1. The zero-order valence-corrected chi connectivity index (χ0v) is 9.49. The first-order chi connectivity index (χ1) is 6.50. The van der Waals surface area contributed by atoms with Crippen molar-refractivity contribution < 1.29 is 9.31 Å². The van der Waals surface area contributed by atoms with Crippen molar-refractivity contribution in [3.05, 3.63) is 49.0 Å². The van der Waals surface area contributed by atoms with Gasteiger partial charge in [0.1, 0.15) is 5.82 Å². The predicted octanol–water partition coefficient (Wildman–Crippen LogP) is 3.07. The average Bonchev–Trinajstić information content (AvgIpc) is 2.11. The van der Waals surface area contributed by atoms with Gasteiger partial charge in [0.15, 0.2) is 0 Å². The van der Waals surface area contributed by atoms with E-state index < -0.39 is 4.92 Å². The van der Waals surface area contributed by atoms with Crippen LogP contribution in [0.15, 0.2) is 23.9 Å². The van der Waals surface area contributed by atoms with Gasteiger partial charge in [-0.15, -0.1) is 0 Å². The summed E-state index contributed by atoms with van der Waals surface area (Å²) in [6, 6.07) is 4.36. The molecule has 0 saturated heterocycles. The van der Waals surface area contributed by atoms with Crippen LogP contribution in [0.1, 0.15) is 12.5 Å². The third-order valence-electron chi connectivity index (χ3n) is 1.61. The first-order valence-electron chi connectivity index (χ1n) is 3.78.